The number of anilines is 3. The maximum Gasteiger partial charge on any atom is 0.291 e. The molecule has 7 N–H and O–H groups in total. The average Bonchev–Trinajstić information content (AvgIpc) is 3.84. The first-order chi connectivity index (χ1) is 23.9. The summed E-state index contributed by atoms with van der Waals surface area (Å²) in [5, 5.41) is 13.9. The minimum atomic E-state index is -0.453. The number of amides is 5. The van der Waals surface area contributed by atoms with E-state index in [4.69, 9.17) is 5.73 Å². The Morgan fingerprint density at radius 2 is 1.18 bits per heavy atom. The smallest absolute Gasteiger partial charge is 0.291 e. The van der Waals surface area contributed by atoms with Gasteiger partial charge in [-0.25, -0.2) is 4.98 Å². The van der Waals surface area contributed by atoms with E-state index < -0.39 is 17.7 Å². The Hall–Kier alpha value is -5.68. The van der Waals surface area contributed by atoms with Crippen LogP contribution in [0.3, 0.4) is 0 Å². The summed E-state index contributed by atoms with van der Waals surface area (Å²) in [5.74, 6) is -1.61. The van der Waals surface area contributed by atoms with Gasteiger partial charge in [0.15, 0.2) is 5.82 Å². The SMILES string of the molecule is CN(CCCN)CCCNC(=O)CCNC(=O)c1cc(NC(=O)c2cc(NC(=O)c3cc(NC(=O)c4nccn4C)cn3C)cn2C)cn1C. The van der Waals surface area contributed by atoms with Gasteiger partial charge in [-0.15, -0.1) is 0 Å². The number of nitrogens with two attached hydrogens (primary N) is 1. The summed E-state index contributed by atoms with van der Waals surface area (Å²) in [6, 6.07) is 4.61. The summed E-state index contributed by atoms with van der Waals surface area (Å²) in [7, 11) is 8.75. The molecule has 17 nitrogen and oxygen atoms in total. The first-order valence-electron chi connectivity index (χ1n) is 16.2. The van der Waals surface area contributed by atoms with Crippen molar-refractivity contribution in [1.82, 2.24) is 38.8 Å². The first kappa shape index (κ1) is 37.1. The summed E-state index contributed by atoms with van der Waals surface area (Å²) in [6.07, 6.45) is 9.89. The van der Waals surface area contributed by atoms with Gasteiger partial charge in [0.25, 0.3) is 23.6 Å². The molecule has 4 rings (SSSR count). The summed E-state index contributed by atoms with van der Waals surface area (Å²) < 4.78 is 6.30. The van der Waals surface area contributed by atoms with E-state index in [0.717, 1.165) is 25.9 Å². The van der Waals surface area contributed by atoms with Crippen LogP contribution in [0.1, 0.15) is 61.3 Å². The fourth-order valence-corrected chi connectivity index (χ4v) is 5.26. The summed E-state index contributed by atoms with van der Waals surface area (Å²) in [4.78, 5) is 69.9. The predicted molar refractivity (Wildman–Crippen MR) is 189 cm³/mol. The fraction of sp³-hybridized carbons (Fsp3) is 0.394. The van der Waals surface area contributed by atoms with Crippen molar-refractivity contribution in [2.75, 3.05) is 55.7 Å². The second kappa shape index (κ2) is 17.1. The molecule has 0 radical (unpaired) electrons. The summed E-state index contributed by atoms with van der Waals surface area (Å²) >= 11 is 0. The lowest BCUT2D eigenvalue weighted by molar-refractivity contribution is -0.120. The highest BCUT2D eigenvalue weighted by molar-refractivity contribution is 6.08. The Morgan fingerprint density at radius 1 is 0.680 bits per heavy atom. The quantitative estimate of drug-likeness (QED) is 0.0883. The van der Waals surface area contributed by atoms with Gasteiger partial charge >= 0.3 is 0 Å². The molecule has 0 saturated carbocycles. The van der Waals surface area contributed by atoms with Crippen molar-refractivity contribution < 1.29 is 24.0 Å². The molecule has 0 atom stereocenters. The Kier molecular flexibility index (Phi) is 12.7. The van der Waals surface area contributed by atoms with E-state index in [-0.39, 0.29) is 42.0 Å². The molecule has 0 fully saturated rings. The van der Waals surface area contributed by atoms with Crippen molar-refractivity contribution in [1.29, 1.82) is 0 Å². The molecule has 4 heterocycles. The molecule has 5 amide bonds. The maximum absolute atomic E-state index is 13.2. The highest BCUT2D eigenvalue weighted by Gasteiger charge is 2.20. The maximum atomic E-state index is 13.2. The molecule has 0 aliphatic heterocycles. The lowest BCUT2D eigenvalue weighted by Gasteiger charge is -2.15. The molecular formula is C33H46N12O5. The van der Waals surface area contributed by atoms with Gasteiger partial charge in [0.05, 0.1) is 17.1 Å². The number of aryl methyl sites for hydroxylation is 4. The first-order valence-corrected chi connectivity index (χ1v) is 16.2. The third-order valence-electron chi connectivity index (χ3n) is 7.93. The second-order valence-electron chi connectivity index (χ2n) is 12.1. The van der Waals surface area contributed by atoms with Crippen LogP contribution in [0.2, 0.25) is 0 Å². The van der Waals surface area contributed by atoms with E-state index in [0.29, 0.717) is 35.8 Å². The number of aromatic nitrogens is 5. The van der Waals surface area contributed by atoms with E-state index in [2.05, 4.69) is 36.5 Å². The number of nitrogens with one attached hydrogen (secondary N) is 5. The molecule has 268 valence electrons. The Labute approximate surface area is 290 Å². The van der Waals surface area contributed by atoms with E-state index in [9.17, 15) is 24.0 Å². The van der Waals surface area contributed by atoms with E-state index in [1.54, 1.807) is 77.3 Å². The summed E-state index contributed by atoms with van der Waals surface area (Å²) in [6.45, 7) is 3.15. The number of hydrogen-bond donors (Lipinski definition) is 6. The lowest BCUT2D eigenvalue weighted by atomic mass is 10.3. The van der Waals surface area contributed by atoms with Crippen LogP contribution in [0.4, 0.5) is 17.1 Å². The van der Waals surface area contributed by atoms with E-state index >= 15 is 0 Å². The van der Waals surface area contributed by atoms with Crippen molar-refractivity contribution in [3.8, 4) is 0 Å². The standard InChI is InChI=1S/C33H46N12O5/c1-41(13-6-9-34)14-7-10-35-28(46)8-11-37-30(47)25-16-22(19-43(25)3)38-31(48)26-17-23(20-44(26)4)39-32(49)27-18-24(21-45(27)5)40-33(50)29-36-12-15-42(29)2/h12,15-21H,6-11,13-14,34H2,1-5H3,(H,35,46)(H,37,47)(H,38,48)(H,39,49)(H,40,50). The molecular weight excluding hydrogens is 644 g/mol. The van der Waals surface area contributed by atoms with Crippen molar-refractivity contribution in [2.24, 2.45) is 33.9 Å². The number of carbonyl (C=O) groups excluding carboxylic acids is 5. The van der Waals surface area contributed by atoms with Gasteiger partial charge in [0.1, 0.15) is 17.1 Å². The molecule has 50 heavy (non-hydrogen) atoms. The van der Waals surface area contributed by atoms with Crippen LogP contribution in [0, 0.1) is 0 Å². The molecule has 0 aliphatic carbocycles. The number of hydrogen-bond acceptors (Lipinski definition) is 8. The van der Waals surface area contributed by atoms with Gasteiger partial charge < -0.3 is 55.5 Å². The molecule has 4 aromatic heterocycles. The zero-order valence-electron chi connectivity index (χ0n) is 29.1. The Bertz CT molecular complexity index is 1830. The normalized spacial score (nSPS) is 11.0. The van der Waals surface area contributed by atoms with E-state index in [1.807, 2.05) is 7.05 Å². The van der Waals surface area contributed by atoms with Gasteiger partial charge in [0, 0.05) is 78.7 Å². The molecule has 0 saturated heterocycles. The van der Waals surface area contributed by atoms with Gasteiger partial charge in [-0.3, -0.25) is 24.0 Å². The van der Waals surface area contributed by atoms with Crippen molar-refractivity contribution in [2.45, 2.75) is 19.3 Å². The predicted octanol–water partition coefficient (Wildman–Crippen LogP) is 1.10. The van der Waals surface area contributed by atoms with Crippen LogP contribution in [0.25, 0.3) is 0 Å². The highest BCUT2D eigenvalue weighted by atomic mass is 16.2. The largest absolute Gasteiger partial charge is 0.356 e. The number of rotatable bonds is 17. The molecule has 0 aromatic carbocycles. The Balaban J connectivity index is 1.25. The van der Waals surface area contributed by atoms with Crippen LogP contribution in [-0.4, -0.2) is 97.5 Å². The third kappa shape index (κ3) is 9.93. The van der Waals surface area contributed by atoms with Crippen LogP contribution in [-0.2, 0) is 33.0 Å². The van der Waals surface area contributed by atoms with E-state index in [1.165, 1.54) is 18.3 Å². The molecule has 0 bridgehead atoms. The number of imidazole rings is 1. The molecule has 0 aliphatic rings. The summed E-state index contributed by atoms with van der Waals surface area (Å²) in [5.41, 5.74) is 7.58. The van der Waals surface area contributed by atoms with Gasteiger partial charge in [-0.05, 0) is 57.7 Å². The number of carbonyl (C=O) groups is 5. The zero-order valence-corrected chi connectivity index (χ0v) is 29.1. The zero-order chi connectivity index (χ0) is 36.4. The monoisotopic (exact) mass is 690 g/mol. The minimum absolute atomic E-state index is 0.142. The number of nitrogens with zero attached hydrogens (tertiary/aromatic N) is 6. The molecule has 17 heteroatoms. The Morgan fingerprint density at radius 3 is 1.68 bits per heavy atom. The minimum Gasteiger partial charge on any atom is -0.356 e. The lowest BCUT2D eigenvalue weighted by Crippen LogP contribution is -2.33. The molecule has 0 spiro atoms. The highest BCUT2D eigenvalue weighted by Crippen LogP contribution is 2.20. The van der Waals surface area contributed by atoms with Crippen molar-refractivity contribution >= 4 is 46.6 Å². The molecule has 4 aromatic rings. The third-order valence-corrected chi connectivity index (χ3v) is 7.93. The van der Waals surface area contributed by atoms with Gasteiger partial charge in [-0.2, -0.15) is 0 Å². The average molecular weight is 691 g/mol. The molecule has 0 unspecified atom stereocenters. The van der Waals surface area contributed by atoms with Crippen LogP contribution >= 0.6 is 0 Å². The topological polar surface area (TPSA) is 207 Å². The fourth-order valence-electron chi connectivity index (χ4n) is 5.26. The second-order valence-corrected chi connectivity index (χ2v) is 12.1. The van der Waals surface area contributed by atoms with Crippen LogP contribution in [0.15, 0.2) is 49.2 Å². The van der Waals surface area contributed by atoms with Crippen molar-refractivity contribution in [3.05, 3.63) is 72.1 Å². The van der Waals surface area contributed by atoms with Crippen LogP contribution < -0.4 is 32.3 Å². The van der Waals surface area contributed by atoms with Gasteiger partial charge in [-0.1, -0.05) is 0 Å². The van der Waals surface area contributed by atoms with Gasteiger partial charge in [0.2, 0.25) is 5.91 Å². The van der Waals surface area contributed by atoms with Crippen LogP contribution in [0.5, 0.6) is 0 Å². The van der Waals surface area contributed by atoms with Crippen molar-refractivity contribution in [3.63, 3.8) is 0 Å².